The number of hydrogen-bond donors (Lipinski definition) is 0. The van der Waals surface area contributed by atoms with Crippen LogP contribution < -0.4 is 9.64 Å². The molecule has 1 aromatic heterocycles. The number of carbonyl (C=O) groups excluding carboxylic acids is 1. The summed E-state index contributed by atoms with van der Waals surface area (Å²) in [5.74, 6) is 0.426. The lowest BCUT2D eigenvalue weighted by molar-refractivity contribution is 0.0784. The van der Waals surface area contributed by atoms with E-state index in [2.05, 4.69) is 22.0 Å². The summed E-state index contributed by atoms with van der Waals surface area (Å²) < 4.78 is 11.4. The largest absolute Gasteiger partial charge is 0.470 e. The molecule has 1 fully saturated rings. The van der Waals surface area contributed by atoms with E-state index in [1.807, 2.05) is 56.4 Å². The fourth-order valence-electron chi connectivity index (χ4n) is 3.85. The Morgan fingerprint density at radius 1 is 1.06 bits per heavy atom. The van der Waals surface area contributed by atoms with E-state index in [1.165, 1.54) is 0 Å². The van der Waals surface area contributed by atoms with Crippen LogP contribution in [0.2, 0.25) is 0 Å². The van der Waals surface area contributed by atoms with Crippen LogP contribution in [0.3, 0.4) is 0 Å². The molecule has 6 nitrogen and oxygen atoms in total. The molecule has 4 rings (SSSR count). The number of rotatable bonds is 7. The Morgan fingerprint density at radius 3 is 2.50 bits per heavy atom. The minimum Gasteiger partial charge on any atom is -0.470 e. The van der Waals surface area contributed by atoms with Gasteiger partial charge >= 0.3 is 0 Å². The van der Waals surface area contributed by atoms with Gasteiger partial charge in [-0.25, -0.2) is 4.98 Å². The maximum Gasteiger partial charge on any atom is 0.255 e. The second-order valence-corrected chi connectivity index (χ2v) is 7.95. The topological polar surface area (TPSA) is 54.9 Å². The highest BCUT2D eigenvalue weighted by atomic mass is 16.5. The zero-order valence-corrected chi connectivity index (χ0v) is 18.6. The molecular formula is C26H29N3O3. The zero-order valence-electron chi connectivity index (χ0n) is 18.6. The van der Waals surface area contributed by atoms with Crippen LogP contribution in [0.25, 0.3) is 0 Å². The molecule has 0 spiro atoms. The van der Waals surface area contributed by atoms with Crippen LogP contribution in [0.5, 0.6) is 5.88 Å². The van der Waals surface area contributed by atoms with Gasteiger partial charge in [0.2, 0.25) is 5.88 Å². The first-order chi connectivity index (χ1) is 15.6. The van der Waals surface area contributed by atoms with Gasteiger partial charge in [-0.2, -0.15) is 0 Å². The van der Waals surface area contributed by atoms with Crippen molar-refractivity contribution >= 4 is 11.6 Å². The fraction of sp³-hybridized carbons (Fsp3) is 0.308. The van der Waals surface area contributed by atoms with Gasteiger partial charge in [0.15, 0.2) is 0 Å². The van der Waals surface area contributed by atoms with Crippen molar-refractivity contribution in [3.8, 4) is 5.88 Å². The molecule has 0 N–H and O–H groups in total. The molecule has 2 aromatic carbocycles. The lowest BCUT2D eigenvalue weighted by Crippen LogP contribution is -2.37. The van der Waals surface area contributed by atoms with Crippen molar-refractivity contribution in [1.29, 1.82) is 0 Å². The summed E-state index contributed by atoms with van der Waals surface area (Å²) in [4.78, 5) is 21.4. The van der Waals surface area contributed by atoms with Crippen molar-refractivity contribution in [1.82, 2.24) is 9.88 Å². The first-order valence-electron chi connectivity index (χ1n) is 11.0. The number of ether oxygens (including phenoxy) is 2. The number of carbonyl (C=O) groups is 1. The molecule has 1 amide bonds. The highest BCUT2D eigenvalue weighted by Crippen LogP contribution is 2.24. The number of nitrogens with zero attached hydrogens (tertiary/aromatic N) is 3. The molecule has 0 radical (unpaired) electrons. The van der Waals surface area contributed by atoms with Gasteiger partial charge in [-0.3, -0.25) is 4.79 Å². The molecule has 1 saturated heterocycles. The predicted octanol–water partition coefficient (Wildman–Crippen LogP) is 4.33. The normalized spacial score (nSPS) is 14.6. The Labute approximate surface area is 189 Å². The number of para-hydroxylation sites is 1. The molecule has 0 bridgehead atoms. The zero-order chi connectivity index (χ0) is 22.3. The van der Waals surface area contributed by atoms with Crippen LogP contribution in [-0.4, -0.2) is 49.1 Å². The van der Waals surface area contributed by atoms with Crippen LogP contribution in [0.1, 0.15) is 34.5 Å². The average molecular weight is 432 g/mol. The quantitative estimate of drug-likeness (QED) is 0.557. The van der Waals surface area contributed by atoms with E-state index >= 15 is 0 Å². The monoisotopic (exact) mass is 431 g/mol. The van der Waals surface area contributed by atoms with Crippen molar-refractivity contribution in [2.45, 2.75) is 19.6 Å². The number of anilines is 1. The van der Waals surface area contributed by atoms with Gasteiger partial charge < -0.3 is 19.3 Å². The van der Waals surface area contributed by atoms with Crippen LogP contribution in [-0.2, 0) is 11.3 Å². The number of amides is 1. The van der Waals surface area contributed by atoms with Gasteiger partial charge in [-0.15, -0.1) is 0 Å². The second kappa shape index (κ2) is 10.3. The molecular weight excluding hydrogens is 402 g/mol. The van der Waals surface area contributed by atoms with E-state index in [-0.39, 0.29) is 12.0 Å². The third-order valence-electron chi connectivity index (χ3n) is 5.65. The Bertz CT molecular complexity index is 1020. The summed E-state index contributed by atoms with van der Waals surface area (Å²) in [6.07, 6.45) is 1.46. The molecule has 2 heterocycles. The number of morpholine rings is 1. The summed E-state index contributed by atoms with van der Waals surface area (Å²) in [6, 6.07) is 21.7. The Kier molecular flexibility index (Phi) is 7.02. The summed E-state index contributed by atoms with van der Waals surface area (Å²) in [5.41, 5.74) is 3.89. The third-order valence-corrected chi connectivity index (χ3v) is 5.65. The lowest BCUT2D eigenvalue weighted by Gasteiger charge is -2.31. The van der Waals surface area contributed by atoms with Gasteiger partial charge in [0.1, 0.15) is 6.10 Å². The van der Waals surface area contributed by atoms with E-state index in [1.54, 1.807) is 23.2 Å². The summed E-state index contributed by atoms with van der Waals surface area (Å²) in [7, 11) is 1.82. The maximum atomic E-state index is 13.0. The van der Waals surface area contributed by atoms with E-state index in [9.17, 15) is 4.79 Å². The molecule has 0 unspecified atom stereocenters. The van der Waals surface area contributed by atoms with Crippen molar-refractivity contribution in [2.75, 3.05) is 38.3 Å². The Hall–Kier alpha value is -3.38. The van der Waals surface area contributed by atoms with Crippen LogP contribution in [0.15, 0.2) is 72.9 Å². The van der Waals surface area contributed by atoms with E-state index in [4.69, 9.17) is 9.47 Å². The highest BCUT2D eigenvalue weighted by molar-refractivity contribution is 5.93. The summed E-state index contributed by atoms with van der Waals surface area (Å²) in [6.45, 7) is 5.69. The number of pyridine rings is 1. The lowest BCUT2D eigenvalue weighted by atomic mass is 10.1. The SMILES string of the molecule is C[C@@H](Oc1ccc(C(=O)N(C)Cc2ccccc2N2CCOCC2)cn1)c1ccccc1. The molecule has 3 aromatic rings. The van der Waals surface area contributed by atoms with Gasteiger partial charge in [-0.05, 0) is 30.2 Å². The summed E-state index contributed by atoms with van der Waals surface area (Å²) >= 11 is 0. The fourth-order valence-corrected chi connectivity index (χ4v) is 3.85. The molecule has 32 heavy (non-hydrogen) atoms. The van der Waals surface area contributed by atoms with Crippen LogP contribution in [0, 0.1) is 0 Å². The Balaban J connectivity index is 1.40. The number of benzene rings is 2. The molecule has 1 aliphatic rings. The minimum atomic E-state index is -0.121. The minimum absolute atomic E-state index is 0.0723. The van der Waals surface area contributed by atoms with E-state index in [0.29, 0.717) is 18.0 Å². The number of aromatic nitrogens is 1. The predicted molar refractivity (Wildman–Crippen MR) is 125 cm³/mol. The average Bonchev–Trinajstić information content (AvgIpc) is 2.85. The first kappa shape index (κ1) is 21.8. The molecule has 6 heteroatoms. The molecule has 166 valence electrons. The molecule has 0 aliphatic carbocycles. The summed E-state index contributed by atoms with van der Waals surface area (Å²) in [5, 5.41) is 0. The number of hydrogen-bond acceptors (Lipinski definition) is 5. The van der Waals surface area contributed by atoms with Gasteiger partial charge in [-0.1, -0.05) is 48.5 Å². The standard InChI is InChI=1S/C26H29N3O3/c1-20(21-8-4-3-5-9-21)32-25-13-12-22(18-27-25)26(30)28(2)19-23-10-6-7-11-24(23)29-14-16-31-17-15-29/h3-13,18,20H,14-17,19H2,1-2H3/t20-/m1/s1. The first-order valence-corrected chi connectivity index (χ1v) is 11.0. The van der Waals surface area contributed by atoms with Crippen molar-refractivity contribution < 1.29 is 14.3 Å². The van der Waals surface area contributed by atoms with Gasteiger partial charge in [0, 0.05) is 44.6 Å². The van der Waals surface area contributed by atoms with Crippen LogP contribution in [0.4, 0.5) is 5.69 Å². The van der Waals surface area contributed by atoms with E-state index in [0.717, 1.165) is 43.1 Å². The molecule has 1 aliphatic heterocycles. The van der Waals surface area contributed by atoms with Gasteiger partial charge in [0.25, 0.3) is 5.91 Å². The smallest absolute Gasteiger partial charge is 0.255 e. The molecule has 0 saturated carbocycles. The third kappa shape index (κ3) is 5.26. The van der Waals surface area contributed by atoms with Gasteiger partial charge in [0.05, 0.1) is 18.8 Å². The maximum absolute atomic E-state index is 13.0. The Morgan fingerprint density at radius 2 is 1.78 bits per heavy atom. The van der Waals surface area contributed by atoms with E-state index < -0.39 is 0 Å². The molecule has 1 atom stereocenters. The highest BCUT2D eigenvalue weighted by Gasteiger charge is 2.18. The van der Waals surface area contributed by atoms with Crippen molar-refractivity contribution in [3.05, 3.63) is 89.6 Å². The van der Waals surface area contributed by atoms with Crippen molar-refractivity contribution in [3.63, 3.8) is 0 Å². The second-order valence-electron chi connectivity index (χ2n) is 7.95. The van der Waals surface area contributed by atoms with Crippen LogP contribution >= 0.6 is 0 Å². The van der Waals surface area contributed by atoms with Crippen molar-refractivity contribution in [2.24, 2.45) is 0 Å².